The molecular formula is C19H24N4O. The van der Waals surface area contributed by atoms with E-state index in [0.717, 1.165) is 36.7 Å². The number of likely N-dealkylation sites (tertiary alicyclic amines) is 1. The molecule has 3 heterocycles. The van der Waals surface area contributed by atoms with E-state index < -0.39 is 0 Å². The van der Waals surface area contributed by atoms with Crippen molar-refractivity contribution in [3.63, 3.8) is 0 Å². The Morgan fingerprint density at radius 3 is 2.92 bits per heavy atom. The monoisotopic (exact) mass is 324 g/mol. The second kappa shape index (κ2) is 6.38. The van der Waals surface area contributed by atoms with Gasteiger partial charge in [0.1, 0.15) is 12.1 Å². The molecule has 0 spiro atoms. The molecule has 3 atom stereocenters. The third-order valence-corrected chi connectivity index (χ3v) is 5.76. The Bertz CT molecular complexity index is 712. The van der Waals surface area contributed by atoms with Crippen molar-refractivity contribution in [2.45, 2.75) is 45.1 Å². The van der Waals surface area contributed by atoms with Gasteiger partial charge in [0.2, 0.25) is 0 Å². The summed E-state index contributed by atoms with van der Waals surface area (Å²) in [6.45, 7) is 3.23. The molecule has 1 saturated heterocycles. The molecule has 1 saturated carbocycles. The van der Waals surface area contributed by atoms with E-state index in [0.29, 0.717) is 12.0 Å². The number of rotatable bonds is 2. The van der Waals surface area contributed by atoms with Gasteiger partial charge < -0.3 is 4.90 Å². The summed E-state index contributed by atoms with van der Waals surface area (Å²) < 4.78 is 1.83. The fraction of sp³-hybridized carbons (Fsp3) is 0.526. The van der Waals surface area contributed by atoms with E-state index in [9.17, 15) is 4.79 Å². The maximum atomic E-state index is 13.2. The second-order valence-electron chi connectivity index (χ2n) is 7.15. The molecule has 0 bridgehead atoms. The minimum absolute atomic E-state index is 0.155. The SMILES string of the molecule is C[C@@H]1CCN(C(=O)c2ccnc(-n3ccnc3)c2)[C@H]2CCCC[C@@H]12. The van der Waals surface area contributed by atoms with Crippen LogP contribution in [0.25, 0.3) is 5.82 Å². The Morgan fingerprint density at radius 1 is 1.21 bits per heavy atom. The molecule has 4 rings (SSSR count). The molecule has 2 aromatic heterocycles. The molecule has 0 unspecified atom stereocenters. The predicted molar refractivity (Wildman–Crippen MR) is 91.9 cm³/mol. The number of hydrogen-bond acceptors (Lipinski definition) is 3. The van der Waals surface area contributed by atoms with Gasteiger partial charge in [-0.3, -0.25) is 9.36 Å². The molecule has 0 radical (unpaired) electrons. The van der Waals surface area contributed by atoms with E-state index in [4.69, 9.17) is 0 Å². The predicted octanol–water partition coefficient (Wildman–Crippen LogP) is 3.31. The van der Waals surface area contributed by atoms with Crippen LogP contribution in [0.5, 0.6) is 0 Å². The molecule has 24 heavy (non-hydrogen) atoms. The van der Waals surface area contributed by atoms with E-state index in [1.807, 2.05) is 22.9 Å². The fourth-order valence-electron chi connectivity index (χ4n) is 4.42. The highest BCUT2D eigenvalue weighted by atomic mass is 16.2. The summed E-state index contributed by atoms with van der Waals surface area (Å²) >= 11 is 0. The molecule has 126 valence electrons. The number of aromatic nitrogens is 3. The van der Waals surface area contributed by atoms with Crippen molar-refractivity contribution in [3.8, 4) is 5.82 Å². The summed E-state index contributed by atoms with van der Waals surface area (Å²) in [7, 11) is 0. The lowest BCUT2D eigenvalue weighted by Gasteiger charge is -2.47. The molecule has 1 aliphatic carbocycles. The van der Waals surface area contributed by atoms with Crippen molar-refractivity contribution in [2.24, 2.45) is 11.8 Å². The van der Waals surface area contributed by atoms with Gasteiger partial charge in [-0.05, 0) is 43.2 Å². The van der Waals surface area contributed by atoms with Gasteiger partial charge in [0.15, 0.2) is 0 Å². The van der Waals surface area contributed by atoms with Crippen LogP contribution in [-0.4, -0.2) is 37.9 Å². The van der Waals surface area contributed by atoms with Crippen LogP contribution in [0.1, 0.15) is 49.4 Å². The van der Waals surface area contributed by atoms with Gasteiger partial charge >= 0.3 is 0 Å². The fourth-order valence-corrected chi connectivity index (χ4v) is 4.42. The first kappa shape index (κ1) is 15.4. The van der Waals surface area contributed by atoms with Crippen molar-refractivity contribution < 1.29 is 4.79 Å². The molecule has 0 aromatic carbocycles. The zero-order valence-electron chi connectivity index (χ0n) is 14.1. The molecular weight excluding hydrogens is 300 g/mol. The summed E-state index contributed by atoms with van der Waals surface area (Å²) in [5.41, 5.74) is 0.729. The smallest absolute Gasteiger partial charge is 0.254 e. The van der Waals surface area contributed by atoms with Gasteiger partial charge in [0.05, 0.1) is 0 Å². The minimum atomic E-state index is 0.155. The zero-order valence-corrected chi connectivity index (χ0v) is 14.1. The Hall–Kier alpha value is -2.17. The van der Waals surface area contributed by atoms with Crippen LogP contribution in [0.15, 0.2) is 37.1 Å². The van der Waals surface area contributed by atoms with E-state index in [2.05, 4.69) is 21.8 Å². The lowest BCUT2D eigenvalue weighted by Crippen LogP contribution is -2.52. The van der Waals surface area contributed by atoms with Crippen LogP contribution in [0.3, 0.4) is 0 Å². The van der Waals surface area contributed by atoms with Gasteiger partial charge in [-0.1, -0.05) is 19.8 Å². The number of carbonyl (C=O) groups is 1. The number of nitrogens with zero attached hydrogens (tertiary/aromatic N) is 4. The summed E-state index contributed by atoms with van der Waals surface area (Å²) in [5, 5.41) is 0. The van der Waals surface area contributed by atoms with Crippen LogP contribution in [0.2, 0.25) is 0 Å². The molecule has 0 N–H and O–H groups in total. The van der Waals surface area contributed by atoms with Gasteiger partial charge in [-0.15, -0.1) is 0 Å². The number of imidazole rings is 1. The van der Waals surface area contributed by atoms with Crippen molar-refractivity contribution >= 4 is 5.91 Å². The van der Waals surface area contributed by atoms with Gasteiger partial charge in [0.25, 0.3) is 5.91 Å². The average Bonchev–Trinajstić information content (AvgIpc) is 3.17. The van der Waals surface area contributed by atoms with Crippen molar-refractivity contribution in [1.82, 2.24) is 19.4 Å². The third-order valence-electron chi connectivity index (χ3n) is 5.76. The van der Waals surface area contributed by atoms with Gasteiger partial charge in [-0.25, -0.2) is 9.97 Å². The van der Waals surface area contributed by atoms with Gasteiger partial charge in [0, 0.05) is 36.7 Å². The Balaban J connectivity index is 1.60. The lowest BCUT2D eigenvalue weighted by molar-refractivity contribution is 0.0217. The van der Waals surface area contributed by atoms with E-state index in [1.54, 1.807) is 18.7 Å². The van der Waals surface area contributed by atoms with Crippen molar-refractivity contribution in [2.75, 3.05) is 6.54 Å². The third kappa shape index (κ3) is 2.72. The van der Waals surface area contributed by atoms with Crippen LogP contribution in [0.4, 0.5) is 0 Å². The number of amides is 1. The Kier molecular flexibility index (Phi) is 4.08. The normalized spacial score (nSPS) is 26.9. The molecule has 1 amide bonds. The quantitative estimate of drug-likeness (QED) is 0.851. The molecule has 5 nitrogen and oxygen atoms in total. The van der Waals surface area contributed by atoms with E-state index >= 15 is 0 Å². The zero-order chi connectivity index (χ0) is 16.5. The number of fused-ring (bicyclic) bond motifs is 1. The number of hydrogen-bond donors (Lipinski definition) is 0. The highest BCUT2D eigenvalue weighted by Gasteiger charge is 2.39. The van der Waals surface area contributed by atoms with Crippen LogP contribution >= 0.6 is 0 Å². The van der Waals surface area contributed by atoms with Crippen LogP contribution in [0, 0.1) is 11.8 Å². The first-order chi connectivity index (χ1) is 11.7. The van der Waals surface area contributed by atoms with Crippen molar-refractivity contribution in [3.05, 3.63) is 42.6 Å². The Morgan fingerprint density at radius 2 is 2.08 bits per heavy atom. The molecule has 2 aliphatic rings. The summed E-state index contributed by atoms with van der Waals surface area (Å²) in [4.78, 5) is 23.7. The first-order valence-electron chi connectivity index (χ1n) is 8.99. The summed E-state index contributed by atoms with van der Waals surface area (Å²) in [6.07, 6.45) is 13.1. The van der Waals surface area contributed by atoms with Gasteiger partial charge in [-0.2, -0.15) is 0 Å². The number of pyridine rings is 1. The first-order valence-corrected chi connectivity index (χ1v) is 8.99. The molecule has 1 aliphatic heterocycles. The van der Waals surface area contributed by atoms with E-state index in [1.165, 1.54) is 19.3 Å². The topological polar surface area (TPSA) is 51.0 Å². The molecule has 5 heteroatoms. The maximum absolute atomic E-state index is 13.2. The highest BCUT2D eigenvalue weighted by molar-refractivity contribution is 5.94. The largest absolute Gasteiger partial charge is 0.335 e. The maximum Gasteiger partial charge on any atom is 0.254 e. The highest BCUT2D eigenvalue weighted by Crippen LogP contribution is 2.39. The van der Waals surface area contributed by atoms with Crippen LogP contribution in [-0.2, 0) is 0 Å². The second-order valence-corrected chi connectivity index (χ2v) is 7.15. The Labute approximate surface area is 142 Å². The van der Waals surface area contributed by atoms with Crippen LogP contribution < -0.4 is 0 Å². The number of piperidine rings is 1. The molecule has 2 fully saturated rings. The lowest BCUT2D eigenvalue weighted by atomic mass is 9.72. The standard InChI is InChI=1S/C19H24N4O/c1-14-7-10-23(17-5-3-2-4-16(14)17)19(24)15-6-8-21-18(12-15)22-11-9-20-13-22/h6,8-9,11-14,16-17H,2-5,7,10H2,1H3/t14-,16+,17+/m1/s1. The summed E-state index contributed by atoms with van der Waals surface area (Å²) in [5.74, 6) is 2.30. The summed E-state index contributed by atoms with van der Waals surface area (Å²) in [6, 6.07) is 4.12. The van der Waals surface area contributed by atoms with E-state index in [-0.39, 0.29) is 5.91 Å². The van der Waals surface area contributed by atoms with Crippen molar-refractivity contribution in [1.29, 1.82) is 0 Å². The number of carbonyl (C=O) groups excluding carboxylic acids is 1. The minimum Gasteiger partial charge on any atom is -0.335 e. The average molecular weight is 324 g/mol. The molecule has 2 aromatic rings.